The molecule has 2 fully saturated rings. The topological polar surface area (TPSA) is 89.9 Å². The Balaban J connectivity index is 1.81. The Hall–Kier alpha value is -1.30. The molecule has 6 nitrogen and oxygen atoms in total. The molecule has 20 heavy (non-hydrogen) atoms. The van der Waals surface area contributed by atoms with Gasteiger partial charge in [-0.1, -0.05) is 6.42 Å². The number of aliphatic hydroxyl groups is 1. The number of carbonyl (C=O) groups is 2. The maximum atomic E-state index is 12.1. The Morgan fingerprint density at radius 3 is 2.60 bits per heavy atom. The highest BCUT2D eigenvalue weighted by Crippen LogP contribution is 2.40. The molecule has 6 heteroatoms. The first-order valence-corrected chi connectivity index (χ1v) is 7.44. The predicted molar refractivity (Wildman–Crippen MR) is 73.3 cm³/mol. The number of urea groups is 1. The lowest BCUT2D eigenvalue weighted by Gasteiger charge is -2.39. The van der Waals surface area contributed by atoms with Crippen molar-refractivity contribution in [3.05, 3.63) is 0 Å². The molecule has 3 N–H and O–H groups in total. The predicted octanol–water partition coefficient (Wildman–Crippen LogP) is 1.05. The van der Waals surface area contributed by atoms with Gasteiger partial charge in [-0.2, -0.15) is 0 Å². The van der Waals surface area contributed by atoms with Crippen LogP contribution in [0.15, 0.2) is 0 Å². The third-order valence-electron chi connectivity index (χ3n) is 4.69. The second-order valence-electron chi connectivity index (χ2n) is 6.06. The smallest absolute Gasteiger partial charge is 0.317 e. The zero-order chi connectivity index (χ0) is 14.6. The van der Waals surface area contributed by atoms with Crippen LogP contribution in [0.1, 0.15) is 38.5 Å². The van der Waals surface area contributed by atoms with Crippen molar-refractivity contribution in [2.75, 3.05) is 26.2 Å². The first kappa shape index (κ1) is 15.1. The molecule has 1 aliphatic heterocycles. The van der Waals surface area contributed by atoms with Gasteiger partial charge >= 0.3 is 12.0 Å². The molecule has 1 atom stereocenters. The molecule has 1 saturated carbocycles. The molecule has 0 aromatic heterocycles. The number of nitrogens with zero attached hydrogens (tertiary/aromatic N) is 1. The summed E-state index contributed by atoms with van der Waals surface area (Å²) in [4.78, 5) is 25.1. The van der Waals surface area contributed by atoms with E-state index in [1.807, 2.05) is 0 Å². The van der Waals surface area contributed by atoms with E-state index in [-0.39, 0.29) is 19.2 Å². The third-order valence-corrected chi connectivity index (χ3v) is 4.69. The van der Waals surface area contributed by atoms with Gasteiger partial charge in [-0.3, -0.25) is 4.79 Å². The Morgan fingerprint density at radius 1 is 1.30 bits per heavy atom. The summed E-state index contributed by atoms with van der Waals surface area (Å²) >= 11 is 0. The first-order valence-electron chi connectivity index (χ1n) is 7.44. The molecule has 1 unspecified atom stereocenters. The lowest BCUT2D eigenvalue weighted by Crippen LogP contribution is -2.52. The molecule has 2 rings (SSSR count). The van der Waals surface area contributed by atoms with Crippen molar-refractivity contribution >= 4 is 12.0 Å². The summed E-state index contributed by atoms with van der Waals surface area (Å²) in [6.45, 7) is 1.75. The first-order chi connectivity index (χ1) is 9.57. The van der Waals surface area contributed by atoms with Crippen LogP contribution in [0.4, 0.5) is 4.79 Å². The van der Waals surface area contributed by atoms with Crippen molar-refractivity contribution in [2.24, 2.45) is 11.3 Å². The van der Waals surface area contributed by atoms with Crippen LogP contribution in [0.5, 0.6) is 0 Å². The number of carboxylic acids is 1. The number of likely N-dealkylation sites (tertiary alicyclic amines) is 1. The average molecular weight is 284 g/mol. The molecular weight excluding hydrogens is 260 g/mol. The fraction of sp³-hybridized carbons (Fsp3) is 0.857. The Morgan fingerprint density at radius 2 is 2.05 bits per heavy atom. The molecule has 0 aromatic rings. The van der Waals surface area contributed by atoms with Gasteiger partial charge in [0.05, 0.1) is 5.41 Å². The fourth-order valence-corrected chi connectivity index (χ4v) is 3.09. The summed E-state index contributed by atoms with van der Waals surface area (Å²) in [5, 5.41) is 21.0. The molecule has 0 bridgehead atoms. The second kappa shape index (κ2) is 6.43. The highest BCUT2D eigenvalue weighted by molar-refractivity contribution is 5.79. The van der Waals surface area contributed by atoms with E-state index in [2.05, 4.69) is 5.32 Å². The van der Waals surface area contributed by atoms with Crippen molar-refractivity contribution < 1.29 is 19.8 Å². The summed E-state index contributed by atoms with van der Waals surface area (Å²) in [7, 11) is 0. The number of rotatable bonds is 5. The highest BCUT2D eigenvalue weighted by Gasteiger charge is 2.44. The summed E-state index contributed by atoms with van der Waals surface area (Å²) < 4.78 is 0. The Bertz CT molecular complexity index is 366. The number of aliphatic hydroxyl groups excluding tert-OH is 1. The standard InChI is InChI=1S/C14H24N2O4/c17-8-4-11-3-1-7-16(9-11)13(20)15-10-14(12(18)19)5-2-6-14/h11,17H,1-10H2,(H,15,20)(H,18,19). The van der Waals surface area contributed by atoms with Crippen LogP contribution >= 0.6 is 0 Å². The maximum absolute atomic E-state index is 12.1. The zero-order valence-corrected chi connectivity index (χ0v) is 11.8. The molecule has 1 saturated heterocycles. The summed E-state index contributed by atoms with van der Waals surface area (Å²) in [6, 6.07) is -0.167. The molecule has 2 amide bonds. The van der Waals surface area contributed by atoms with Crippen molar-refractivity contribution in [3.63, 3.8) is 0 Å². The van der Waals surface area contributed by atoms with E-state index in [0.717, 1.165) is 25.7 Å². The molecule has 0 spiro atoms. The van der Waals surface area contributed by atoms with Crippen molar-refractivity contribution in [1.29, 1.82) is 0 Å². The van der Waals surface area contributed by atoms with Crippen LogP contribution in [-0.2, 0) is 4.79 Å². The number of aliphatic carboxylic acids is 1. The van der Waals surface area contributed by atoms with Gasteiger partial charge in [-0.25, -0.2) is 4.79 Å². The van der Waals surface area contributed by atoms with Crippen molar-refractivity contribution in [1.82, 2.24) is 10.2 Å². The van der Waals surface area contributed by atoms with E-state index < -0.39 is 11.4 Å². The van der Waals surface area contributed by atoms with Crippen LogP contribution in [-0.4, -0.2) is 53.4 Å². The summed E-state index contributed by atoms with van der Waals surface area (Å²) in [6.07, 6.45) is 4.93. The molecule has 1 aliphatic carbocycles. The number of hydrogen-bond donors (Lipinski definition) is 3. The van der Waals surface area contributed by atoms with Gasteiger partial charge in [0.15, 0.2) is 0 Å². The van der Waals surface area contributed by atoms with E-state index in [9.17, 15) is 14.7 Å². The number of piperidine rings is 1. The van der Waals surface area contributed by atoms with E-state index in [0.29, 0.717) is 31.8 Å². The molecule has 2 aliphatic rings. The minimum Gasteiger partial charge on any atom is -0.481 e. The number of hydrogen-bond acceptors (Lipinski definition) is 3. The molecule has 0 aromatic carbocycles. The van der Waals surface area contributed by atoms with Crippen LogP contribution in [0.3, 0.4) is 0 Å². The zero-order valence-electron chi connectivity index (χ0n) is 11.8. The van der Waals surface area contributed by atoms with Gasteiger partial charge in [-0.05, 0) is 38.0 Å². The Labute approximate surface area is 119 Å². The molecule has 1 heterocycles. The normalized spacial score (nSPS) is 24.9. The number of nitrogens with one attached hydrogen (secondary N) is 1. The van der Waals surface area contributed by atoms with Crippen LogP contribution in [0.2, 0.25) is 0 Å². The van der Waals surface area contributed by atoms with Crippen molar-refractivity contribution in [2.45, 2.75) is 38.5 Å². The summed E-state index contributed by atoms with van der Waals surface area (Å²) in [5.74, 6) is -0.447. The minimum atomic E-state index is -0.805. The molecular formula is C14H24N2O4. The van der Waals surface area contributed by atoms with Crippen LogP contribution in [0.25, 0.3) is 0 Å². The largest absolute Gasteiger partial charge is 0.481 e. The minimum absolute atomic E-state index is 0.155. The number of carbonyl (C=O) groups excluding carboxylic acids is 1. The van der Waals surface area contributed by atoms with Crippen LogP contribution < -0.4 is 5.32 Å². The average Bonchev–Trinajstić information content (AvgIpc) is 2.37. The van der Waals surface area contributed by atoms with Gasteiger partial charge in [-0.15, -0.1) is 0 Å². The molecule has 0 radical (unpaired) electrons. The third kappa shape index (κ3) is 3.23. The van der Waals surface area contributed by atoms with E-state index >= 15 is 0 Å². The SMILES string of the molecule is O=C(NCC1(C(=O)O)CCC1)N1CCCC(CCO)C1. The van der Waals surface area contributed by atoms with Gasteiger partial charge in [0.1, 0.15) is 0 Å². The second-order valence-corrected chi connectivity index (χ2v) is 6.06. The Kier molecular flexibility index (Phi) is 4.86. The maximum Gasteiger partial charge on any atom is 0.317 e. The van der Waals surface area contributed by atoms with Crippen molar-refractivity contribution in [3.8, 4) is 0 Å². The van der Waals surface area contributed by atoms with Crippen LogP contribution in [0, 0.1) is 11.3 Å². The van der Waals surface area contributed by atoms with Gasteiger partial charge in [0.2, 0.25) is 0 Å². The van der Waals surface area contributed by atoms with Gasteiger partial charge < -0.3 is 20.4 Å². The highest BCUT2D eigenvalue weighted by atomic mass is 16.4. The van der Waals surface area contributed by atoms with E-state index in [1.54, 1.807) is 4.90 Å². The summed E-state index contributed by atoms with van der Waals surface area (Å²) in [5.41, 5.74) is -0.740. The lowest BCUT2D eigenvalue weighted by molar-refractivity contribution is -0.153. The van der Waals surface area contributed by atoms with E-state index in [1.165, 1.54) is 0 Å². The van der Waals surface area contributed by atoms with Gasteiger partial charge in [0, 0.05) is 26.2 Å². The van der Waals surface area contributed by atoms with E-state index in [4.69, 9.17) is 5.11 Å². The number of amides is 2. The number of carboxylic acid groups (broad SMARTS) is 1. The lowest BCUT2D eigenvalue weighted by atomic mass is 9.69. The quantitative estimate of drug-likeness (QED) is 0.704. The molecule has 114 valence electrons. The fourth-order valence-electron chi connectivity index (χ4n) is 3.09. The monoisotopic (exact) mass is 284 g/mol. The van der Waals surface area contributed by atoms with Gasteiger partial charge in [0.25, 0.3) is 0 Å².